The van der Waals surface area contributed by atoms with Crippen LogP contribution in [0, 0.1) is 0 Å². The molecule has 0 unspecified atom stereocenters. The topological polar surface area (TPSA) is 43.4 Å². The fraction of sp³-hybridized carbons (Fsp3) is 0.0588. The van der Waals surface area contributed by atoms with Gasteiger partial charge in [-0.2, -0.15) is 0 Å². The molecule has 0 aliphatic heterocycles. The number of carbonyl (C=O) groups excluding carboxylic acids is 2. The zero-order valence-corrected chi connectivity index (χ0v) is 11.1. The van der Waals surface area contributed by atoms with E-state index in [1.54, 1.807) is 36.4 Å². The molecule has 100 valence electrons. The Morgan fingerprint density at radius 2 is 1.75 bits per heavy atom. The minimum atomic E-state index is -0.369. The zero-order valence-electron chi connectivity index (χ0n) is 11.1. The van der Waals surface area contributed by atoms with Gasteiger partial charge in [0.2, 0.25) is 0 Å². The lowest BCUT2D eigenvalue weighted by Gasteiger charge is -2.01. The van der Waals surface area contributed by atoms with Crippen LogP contribution >= 0.6 is 0 Å². The van der Waals surface area contributed by atoms with E-state index < -0.39 is 0 Å². The van der Waals surface area contributed by atoms with Crippen LogP contribution in [-0.4, -0.2) is 11.8 Å². The Balaban J connectivity index is 2.11. The molecule has 0 atom stereocenters. The summed E-state index contributed by atoms with van der Waals surface area (Å²) in [5.41, 5.74) is 1.44. The lowest BCUT2D eigenvalue weighted by molar-refractivity contribution is -0.131. The fourth-order valence-electron chi connectivity index (χ4n) is 1.72. The maximum atomic E-state index is 11.9. The van der Waals surface area contributed by atoms with Crippen molar-refractivity contribution in [2.45, 2.75) is 6.92 Å². The molecule has 2 aromatic carbocycles. The highest BCUT2D eigenvalue weighted by Crippen LogP contribution is 2.15. The molecule has 0 radical (unpaired) electrons. The van der Waals surface area contributed by atoms with Gasteiger partial charge >= 0.3 is 5.97 Å². The zero-order chi connectivity index (χ0) is 14.4. The number of carbonyl (C=O) groups is 2. The summed E-state index contributed by atoms with van der Waals surface area (Å²) in [5.74, 6) is 0.0294. The molecule has 2 aromatic rings. The highest BCUT2D eigenvalue weighted by Gasteiger charge is 2.01. The van der Waals surface area contributed by atoms with Crippen molar-refractivity contribution in [2.24, 2.45) is 0 Å². The summed E-state index contributed by atoms with van der Waals surface area (Å²) < 4.78 is 4.99. The molecule has 2 rings (SSSR count). The van der Waals surface area contributed by atoms with Crippen molar-refractivity contribution in [1.82, 2.24) is 0 Å². The molecule has 20 heavy (non-hydrogen) atoms. The summed E-state index contributed by atoms with van der Waals surface area (Å²) >= 11 is 0. The lowest BCUT2D eigenvalue weighted by Crippen LogP contribution is -2.01. The predicted molar refractivity (Wildman–Crippen MR) is 77.6 cm³/mol. The Labute approximate surface area is 117 Å². The van der Waals surface area contributed by atoms with Gasteiger partial charge in [0, 0.05) is 12.5 Å². The molecule has 0 heterocycles. The highest BCUT2D eigenvalue weighted by molar-refractivity contribution is 6.06. The van der Waals surface area contributed by atoms with Gasteiger partial charge in [-0.15, -0.1) is 0 Å². The number of hydrogen-bond donors (Lipinski definition) is 0. The number of hydrogen-bond acceptors (Lipinski definition) is 3. The quantitative estimate of drug-likeness (QED) is 0.368. The van der Waals surface area contributed by atoms with Crippen molar-refractivity contribution in [3.8, 4) is 5.75 Å². The third-order valence-corrected chi connectivity index (χ3v) is 2.61. The maximum Gasteiger partial charge on any atom is 0.308 e. The second kappa shape index (κ2) is 6.48. The average Bonchev–Trinajstić information content (AvgIpc) is 2.45. The summed E-state index contributed by atoms with van der Waals surface area (Å²) in [6, 6.07) is 16.0. The first-order valence-corrected chi connectivity index (χ1v) is 6.21. The predicted octanol–water partition coefficient (Wildman–Crippen LogP) is 3.51. The molecule has 0 aliphatic rings. The van der Waals surface area contributed by atoms with Crippen LogP contribution in [-0.2, 0) is 4.79 Å². The molecule has 0 amide bonds. The molecular weight excluding hydrogens is 252 g/mol. The van der Waals surface area contributed by atoms with Crippen LogP contribution in [0.15, 0.2) is 60.7 Å². The van der Waals surface area contributed by atoms with Crippen LogP contribution in [0.4, 0.5) is 0 Å². The standard InChI is InChI=1S/C17H14O3/c1-13(18)20-16-9-5-6-14(12-16)10-11-17(19)15-7-3-2-4-8-15/h2-12H,1H3. The number of rotatable bonds is 4. The fourth-order valence-corrected chi connectivity index (χ4v) is 1.72. The average molecular weight is 266 g/mol. The van der Waals surface area contributed by atoms with Crippen LogP contribution in [0.1, 0.15) is 22.8 Å². The van der Waals surface area contributed by atoms with E-state index in [-0.39, 0.29) is 11.8 Å². The van der Waals surface area contributed by atoms with Crippen LogP contribution in [0.2, 0.25) is 0 Å². The van der Waals surface area contributed by atoms with Gasteiger partial charge in [0.05, 0.1) is 0 Å². The summed E-state index contributed by atoms with van der Waals surface area (Å²) in [7, 11) is 0. The first kappa shape index (κ1) is 13.7. The Morgan fingerprint density at radius 1 is 1.00 bits per heavy atom. The van der Waals surface area contributed by atoms with Crippen molar-refractivity contribution in [3.63, 3.8) is 0 Å². The van der Waals surface area contributed by atoms with E-state index in [2.05, 4.69) is 0 Å². The van der Waals surface area contributed by atoms with E-state index in [1.165, 1.54) is 13.0 Å². The minimum Gasteiger partial charge on any atom is -0.427 e. The normalized spacial score (nSPS) is 10.4. The molecule has 0 aromatic heterocycles. The highest BCUT2D eigenvalue weighted by atomic mass is 16.5. The molecule has 0 N–H and O–H groups in total. The van der Waals surface area contributed by atoms with Gasteiger partial charge < -0.3 is 4.74 Å². The van der Waals surface area contributed by atoms with Gasteiger partial charge in [0.1, 0.15) is 5.75 Å². The number of benzene rings is 2. The second-order valence-electron chi connectivity index (χ2n) is 4.23. The smallest absolute Gasteiger partial charge is 0.308 e. The number of allylic oxidation sites excluding steroid dienone is 1. The maximum absolute atomic E-state index is 11.9. The summed E-state index contributed by atoms with van der Waals surface area (Å²) in [5, 5.41) is 0. The summed E-state index contributed by atoms with van der Waals surface area (Å²) in [6.07, 6.45) is 3.20. The summed E-state index contributed by atoms with van der Waals surface area (Å²) in [4.78, 5) is 22.8. The van der Waals surface area contributed by atoms with Crippen molar-refractivity contribution in [1.29, 1.82) is 0 Å². The Kier molecular flexibility index (Phi) is 4.45. The second-order valence-corrected chi connectivity index (χ2v) is 4.23. The number of ketones is 1. The van der Waals surface area contributed by atoms with E-state index in [0.717, 1.165) is 5.56 Å². The molecular formula is C17H14O3. The van der Waals surface area contributed by atoms with Gasteiger partial charge in [0.25, 0.3) is 0 Å². The Hall–Kier alpha value is -2.68. The van der Waals surface area contributed by atoms with Crippen molar-refractivity contribution >= 4 is 17.8 Å². The SMILES string of the molecule is CC(=O)Oc1cccc(C=CC(=O)c2ccccc2)c1. The monoisotopic (exact) mass is 266 g/mol. The number of esters is 1. The molecule has 0 saturated carbocycles. The minimum absolute atomic E-state index is 0.0662. The largest absolute Gasteiger partial charge is 0.427 e. The van der Waals surface area contributed by atoms with Crippen molar-refractivity contribution in [2.75, 3.05) is 0 Å². The van der Waals surface area contributed by atoms with E-state index in [9.17, 15) is 9.59 Å². The molecule has 0 bridgehead atoms. The van der Waals surface area contributed by atoms with Crippen molar-refractivity contribution < 1.29 is 14.3 Å². The van der Waals surface area contributed by atoms with Gasteiger partial charge in [-0.3, -0.25) is 9.59 Å². The molecule has 0 fully saturated rings. The first-order valence-electron chi connectivity index (χ1n) is 6.21. The molecule has 0 saturated heterocycles. The van der Waals surface area contributed by atoms with Gasteiger partial charge in [0.15, 0.2) is 5.78 Å². The van der Waals surface area contributed by atoms with E-state index in [4.69, 9.17) is 4.74 Å². The molecule has 3 heteroatoms. The first-order chi connectivity index (χ1) is 9.65. The molecule has 3 nitrogen and oxygen atoms in total. The molecule has 0 aliphatic carbocycles. The number of ether oxygens (including phenoxy) is 1. The third-order valence-electron chi connectivity index (χ3n) is 2.61. The van der Waals surface area contributed by atoms with Gasteiger partial charge in [-0.05, 0) is 23.8 Å². The van der Waals surface area contributed by atoms with E-state index in [0.29, 0.717) is 11.3 Å². The third kappa shape index (κ3) is 3.92. The summed E-state index contributed by atoms with van der Waals surface area (Å²) in [6.45, 7) is 1.35. The van der Waals surface area contributed by atoms with Crippen molar-refractivity contribution in [3.05, 3.63) is 71.8 Å². The van der Waals surface area contributed by atoms with Crippen LogP contribution in [0.5, 0.6) is 5.75 Å². The van der Waals surface area contributed by atoms with Crippen LogP contribution in [0.25, 0.3) is 6.08 Å². The van der Waals surface area contributed by atoms with Crippen LogP contribution in [0.3, 0.4) is 0 Å². The van der Waals surface area contributed by atoms with Crippen LogP contribution < -0.4 is 4.74 Å². The lowest BCUT2D eigenvalue weighted by atomic mass is 10.1. The molecule has 0 spiro atoms. The van der Waals surface area contributed by atoms with Gasteiger partial charge in [-0.25, -0.2) is 0 Å². The van der Waals surface area contributed by atoms with E-state index in [1.807, 2.05) is 24.3 Å². The van der Waals surface area contributed by atoms with Gasteiger partial charge in [-0.1, -0.05) is 48.5 Å². The Morgan fingerprint density at radius 3 is 2.45 bits per heavy atom. The van der Waals surface area contributed by atoms with E-state index >= 15 is 0 Å². The Bertz CT molecular complexity index is 642.